The third-order valence-electron chi connectivity index (χ3n) is 6.37. The number of benzene rings is 3. The van der Waals surface area contributed by atoms with E-state index in [4.69, 9.17) is 9.47 Å². The molecule has 1 fully saturated rings. The first kappa shape index (κ1) is 25.1. The predicted octanol–water partition coefficient (Wildman–Crippen LogP) is 7.95. The molecular formula is C29H28F4O2. The zero-order chi connectivity index (χ0) is 24.9. The standard InChI is InChI=1S/C29H28F4O2/c1-3-5-6-7-25-34-16-21(17-35-25)24-15-14-23(28(32)29(24)33)20-10-8-19(9-11-20)22-13-12-18(4-2)26(30)27(22)31/h3,5,8-15,21,25H,4,6-7,16-17H2,1-2H3. The minimum absolute atomic E-state index is 0.0904. The molecule has 1 saturated heterocycles. The molecule has 1 aliphatic heterocycles. The van der Waals surface area contributed by atoms with Crippen molar-refractivity contribution in [3.63, 3.8) is 0 Å². The monoisotopic (exact) mass is 484 g/mol. The molecule has 184 valence electrons. The van der Waals surface area contributed by atoms with Crippen LogP contribution in [-0.4, -0.2) is 19.5 Å². The third kappa shape index (κ3) is 5.34. The van der Waals surface area contributed by atoms with Crippen LogP contribution in [0.2, 0.25) is 0 Å². The molecule has 0 bridgehead atoms. The largest absolute Gasteiger partial charge is 0.352 e. The minimum atomic E-state index is -0.963. The van der Waals surface area contributed by atoms with E-state index in [9.17, 15) is 8.78 Å². The van der Waals surface area contributed by atoms with Crippen LogP contribution in [0.25, 0.3) is 22.3 Å². The molecule has 0 atom stereocenters. The summed E-state index contributed by atoms with van der Waals surface area (Å²) in [6, 6.07) is 12.4. The third-order valence-corrected chi connectivity index (χ3v) is 6.37. The zero-order valence-electron chi connectivity index (χ0n) is 19.8. The number of aryl methyl sites for hydroxylation is 1. The molecule has 0 aliphatic carbocycles. The summed E-state index contributed by atoms with van der Waals surface area (Å²) in [5.74, 6) is -4.07. The summed E-state index contributed by atoms with van der Waals surface area (Å²) < 4.78 is 70.1. The van der Waals surface area contributed by atoms with E-state index in [0.717, 1.165) is 6.42 Å². The van der Waals surface area contributed by atoms with E-state index < -0.39 is 29.2 Å². The fraction of sp³-hybridized carbons (Fsp3) is 0.310. The Bertz CT molecular complexity index is 1200. The molecule has 0 radical (unpaired) electrons. The number of hydrogen-bond acceptors (Lipinski definition) is 2. The second kappa shape index (κ2) is 11.2. The van der Waals surface area contributed by atoms with Gasteiger partial charge in [-0.1, -0.05) is 67.6 Å². The van der Waals surface area contributed by atoms with Crippen molar-refractivity contribution in [1.82, 2.24) is 0 Å². The SMILES string of the molecule is CC=CCCC1OCC(c2ccc(-c3ccc(-c4ccc(CC)c(F)c4F)cc3)c(F)c2F)CO1. The van der Waals surface area contributed by atoms with Gasteiger partial charge in [-0.3, -0.25) is 0 Å². The molecule has 6 heteroatoms. The Morgan fingerprint density at radius 3 is 1.91 bits per heavy atom. The summed E-state index contributed by atoms with van der Waals surface area (Å²) in [5, 5.41) is 0. The van der Waals surface area contributed by atoms with Gasteiger partial charge in [0.05, 0.1) is 13.2 Å². The van der Waals surface area contributed by atoms with Crippen molar-refractivity contribution < 1.29 is 27.0 Å². The molecule has 1 aliphatic rings. The lowest BCUT2D eigenvalue weighted by atomic mass is 9.94. The number of ether oxygens (including phenoxy) is 2. The van der Waals surface area contributed by atoms with Gasteiger partial charge in [0.1, 0.15) is 0 Å². The summed E-state index contributed by atoms with van der Waals surface area (Å²) in [4.78, 5) is 0. The molecule has 3 aromatic carbocycles. The smallest absolute Gasteiger partial charge is 0.166 e. The number of rotatable bonds is 7. The fourth-order valence-electron chi connectivity index (χ4n) is 4.31. The van der Waals surface area contributed by atoms with Gasteiger partial charge in [-0.05, 0) is 42.0 Å². The molecule has 0 aromatic heterocycles. The quantitative estimate of drug-likeness (QED) is 0.250. The van der Waals surface area contributed by atoms with Crippen molar-refractivity contribution in [3.05, 3.63) is 95.1 Å². The Hall–Kier alpha value is -2.96. The van der Waals surface area contributed by atoms with E-state index in [1.54, 1.807) is 43.3 Å². The molecular weight excluding hydrogens is 456 g/mol. The highest BCUT2D eigenvalue weighted by Crippen LogP contribution is 2.34. The number of halogens is 4. The summed E-state index contributed by atoms with van der Waals surface area (Å²) in [6.07, 6.45) is 5.57. The lowest BCUT2D eigenvalue weighted by Gasteiger charge is -2.30. The van der Waals surface area contributed by atoms with Crippen LogP contribution in [0, 0.1) is 23.3 Å². The first-order chi connectivity index (χ1) is 16.9. The molecule has 35 heavy (non-hydrogen) atoms. The highest BCUT2D eigenvalue weighted by Gasteiger charge is 2.27. The van der Waals surface area contributed by atoms with E-state index in [1.807, 2.05) is 19.1 Å². The average molecular weight is 485 g/mol. The topological polar surface area (TPSA) is 18.5 Å². The second-order valence-electron chi connectivity index (χ2n) is 8.60. The molecule has 4 rings (SSSR count). The van der Waals surface area contributed by atoms with Gasteiger partial charge in [0, 0.05) is 23.5 Å². The molecule has 0 spiro atoms. The maximum absolute atomic E-state index is 15.0. The molecule has 0 saturated carbocycles. The zero-order valence-corrected chi connectivity index (χ0v) is 19.8. The lowest BCUT2D eigenvalue weighted by molar-refractivity contribution is -0.189. The number of hydrogen-bond donors (Lipinski definition) is 0. The molecule has 0 unspecified atom stereocenters. The Labute approximate surface area is 203 Å². The van der Waals surface area contributed by atoms with Crippen molar-refractivity contribution >= 4 is 0 Å². The normalized spacial score (nSPS) is 18.3. The van der Waals surface area contributed by atoms with Crippen LogP contribution in [0.5, 0.6) is 0 Å². The molecule has 1 heterocycles. The Kier molecular flexibility index (Phi) is 8.04. The van der Waals surface area contributed by atoms with Crippen molar-refractivity contribution in [3.8, 4) is 22.3 Å². The van der Waals surface area contributed by atoms with Crippen molar-refractivity contribution in [2.45, 2.75) is 45.3 Å². The van der Waals surface area contributed by atoms with Gasteiger partial charge in [0.25, 0.3) is 0 Å². The van der Waals surface area contributed by atoms with E-state index in [0.29, 0.717) is 29.5 Å². The minimum Gasteiger partial charge on any atom is -0.352 e. The van der Waals surface area contributed by atoms with E-state index in [1.165, 1.54) is 12.1 Å². The summed E-state index contributed by atoms with van der Waals surface area (Å²) in [5.41, 5.74) is 1.61. The van der Waals surface area contributed by atoms with Gasteiger partial charge in [0.2, 0.25) is 0 Å². The van der Waals surface area contributed by atoms with Crippen LogP contribution in [0.3, 0.4) is 0 Å². The summed E-state index contributed by atoms with van der Waals surface area (Å²) in [6.45, 7) is 4.20. The highest BCUT2D eigenvalue weighted by atomic mass is 19.2. The Balaban J connectivity index is 1.51. The van der Waals surface area contributed by atoms with Crippen LogP contribution in [0.1, 0.15) is 43.7 Å². The van der Waals surface area contributed by atoms with Gasteiger partial charge in [-0.15, -0.1) is 0 Å². The molecule has 2 nitrogen and oxygen atoms in total. The predicted molar refractivity (Wildman–Crippen MR) is 129 cm³/mol. The maximum Gasteiger partial charge on any atom is 0.166 e. The summed E-state index contributed by atoms with van der Waals surface area (Å²) >= 11 is 0. The van der Waals surface area contributed by atoms with Crippen LogP contribution >= 0.6 is 0 Å². The Morgan fingerprint density at radius 1 is 0.771 bits per heavy atom. The number of allylic oxidation sites excluding steroid dienone is 2. The average Bonchev–Trinajstić information content (AvgIpc) is 2.88. The van der Waals surface area contributed by atoms with Crippen LogP contribution in [-0.2, 0) is 15.9 Å². The van der Waals surface area contributed by atoms with E-state index in [2.05, 4.69) is 0 Å². The second-order valence-corrected chi connectivity index (χ2v) is 8.60. The first-order valence-electron chi connectivity index (χ1n) is 11.8. The van der Waals surface area contributed by atoms with Crippen molar-refractivity contribution in [2.24, 2.45) is 0 Å². The van der Waals surface area contributed by atoms with Gasteiger partial charge in [0.15, 0.2) is 29.6 Å². The van der Waals surface area contributed by atoms with Gasteiger partial charge in [-0.25, -0.2) is 17.6 Å². The van der Waals surface area contributed by atoms with Gasteiger partial charge < -0.3 is 9.47 Å². The van der Waals surface area contributed by atoms with Crippen molar-refractivity contribution in [2.75, 3.05) is 13.2 Å². The highest BCUT2D eigenvalue weighted by molar-refractivity contribution is 5.71. The van der Waals surface area contributed by atoms with Crippen LogP contribution in [0.4, 0.5) is 17.6 Å². The van der Waals surface area contributed by atoms with Gasteiger partial charge in [-0.2, -0.15) is 0 Å². The Morgan fingerprint density at radius 2 is 1.34 bits per heavy atom. The van der Waals surface area contributed by atoms with Gasteiger partial charge >= 0.3 is 0 Å². The lowest BCUT2D eigenvalue weighted by Crippen LogP contribution is -2.31. The maximum atomic E-state index is 15.0. The molecule has 3 aromatic rings. The van der Waals surface area contributed by atoms with Crippen molar-refractivity contribution in [1.29, 1.82) is 0 Å². The molecule has 0 N–H and O–H groups in total. The van der Waals surface area contributed by atoms with Crippen LogP contribution in [0.15, 0.2) is 60.7 Å². The fourth-order valence-corrected chi connectivity index (χ4v) is 4.31. The first-order valence-corrected chi connectivity index (χ1v) is 11.8. The van der Waals surface area contributed by atoms with Crippen LogP contribution < -0.4 is 0 Å². The molecule has 0 amide bonds. The summed E-state index contributed by atoms with van der Waals surface area (Å²) in [7, 11) is 0. The van der Waals surface area contributed by atoms with E-state index >= 15 is 8.78 Å². The van der Waals surface area contributed by atoms with E-state index in [-0.39, 0.29) is 36.2 Å².